The molecule has 0 saturated heterocycles. The molecule has 0 fully saturated rings. The van der Waals surface area contributed by atoms with Crippen molar-refractivity contribution in [1.82, 2.24) is 5.32 Å². The molecule has 0 bridgehead atoms. The third-order valence-corrected chi connectivity index (χ3v) is 1.18. The first-order valence-corrected chi connectivity index (χ1v) is 3.31. The maximum Gasteiger partial charge on any atom is 0.242 e. The van der Waals surface area contributed by atoms with Crippen molar-refractivity contribution < 1.29 is 14.7 Å². The lowest BCUT2D eigenvalue weighted by molar-refractivity contribution is -0.128. The molecular weight excluding hydrogens is 148 g/mol. The SMILES string of the molecule is CCC(=O)NC(CO)C(N)=O. The molecule has 0 aromatic carbocycles. The number of hydrogen-bond donors (Lipinski definition) is 3. The number of hydrogen-bond acceptors (Lipinski definition) is 3. The van der Waals surface area contributed by atoms with Crippen molar-refractivity contribution in [3.8, 4) is 0 Å². The molecule has 0 aromatic rings. The Morgan fingerprint density at radius 2 is 2.18 bits per heavy atom. The predicted molar refractivity (Wildman–Crippen MR) is 38.5 cm³/mol. The topological polar surface area (TPSA) is 92.4 Å². The summed E-state index contributed by atoms with van der Waals surface area (Å²) in [5.41, 5.74) is 4.84. The zero-order valence-electron chi connectivity index (χ0n) is 6.33. The van der Waals surface area contributed by atoms with Crippen LogP contribution in [0, 0.1) is 0 Å². The summed E-state index contributed by atoms with van der Waals surface area (Å²) in [6.45, 7) is 1.19. The minimum atomic E-state index is -0.956. The molecule has 0 rings (SSSR count). The van der Waals surface area contributed by atoms with Gasteiger partial charge >= 0.3 is 0 Å². The maximum atomic E-state index is 10.7. The van der Waals surface area contributed by atoms with E-state index in [1.807, 2.05) is 0 Å². The largest absolute Gasteiger partial charge is 0.394 e. The van der Waals surface area contributed by atoms with Crippen LogP contribution in [-0.4, -0.2) is 29.6 Å². The molecule has 2 amide bonds. The molecule has 1 atom stereocenters. The van der Waals surface area contributed by atoms with Crippen LogP contribution in [0.5, 0.6) is 0 Å². The second kappa shape index (κ2) is 4.68. The van der Waals surface area contributed by atoms with Gasteiger partial charge in [0, 0.05) is 6.42 Å². The Kier molecular flexibility index (Phi) is 4.21. The maximum absolute atomic E-state index is 10.7. The summed E-state index contributed by atoms with van der Waals surface area (Å²) >= 11 is 0. The van der Waals surface area contributed by atoms with Crippen molar-refractivity contribution in [3.05, 3.63) is 0 Å². The molecule has 0 aliphatic heterocycles. The molecular formula is C6H12N2O3. The van der Waals surface area contributed by atoms with Gasteiger partial charge in [0.25, 0.3) is 0 Å². The molecule has 64 valence electrons. The molecule has 1 unspecified atom stereocenters. The van der Waals surface area contributed by atoms with Gasteiger partial charge in [0.05, 0.1) is 6.61 Å². The average molecular weight is 160 g/mol. The van der Waals surface area contributed by atoms with Crippen molar-refractivity contribution in [2.75, 3.05) is 6.61 Å². The van der Waals surface area contributed by atoms with Crippen LogP contribution in [0.4, 0.5) is 0 Å². The zero-order valence-corrected chi connectivity index (χ0v) is 6.33. The third kappa shape index (κ3) is 3.57. The Bertz CT molecular complexity index is 158. The van der Waals surface area contributed by atoms with E-state index in [4.69, 9.17) is 10.8 Å². The van der Waals surface area contributed by atoms with Crippen LogP contribution in [0.2, 0.25) is 0 Å². The van der Waals surface area contributed by atoms with Crippen LogP contribution in [0.3, 0.4) is 0 Å². The molecule has 0 spiro atoms. The summed E-state index contributed by atoms with van der Waals surface area (Å²) in [4.78, 5) is 21.1. The Hall–Kier alpha value is -1.10. The van der Waals surface area contributed by atoms with Crippen LogP contribution in [0.1, 0.15) is 13.3 Å². The van der Waals surface area contributed by atoms with Gasteiger partial charge in [-0.05, 0) is 0 Å². The molecule has 4 N–H and O–H groups in total. The zero-order chi connectivity index (χ0) is 8.85. The van der Waals surface area contributed by atoms with E-state index in [1.54, 1.807) is 6.92 Å². The quantitative estimate of drug-likeness (QED) is 0.460. The van der Waals surface area contributed by atoms with Gasteiger partial charge in [-0.3, -0.25) is 9.59 Å². The number of nitrogens with one attached hydrogen (secondary N) is 1. The van der Waals surface area contributed by atoms with Gasteiger partial charge in [0.15, 0.2) is 0 Å². The minimum absolute atomic E-state index is 0.268. The van der Waals surface area contributed by atoms with E-state index >= 15 is 0 Å². The summed E-state index contributed by atoms with van der Waals surface area (Å²) in [7, 11) is 0. The summed E-state index contributed by atoms with van der Waals surface area (Å²) in [6, 6.07) is -0.956. The smallest absolute Gasteiger partial charge is 0.242 e. The minimum Gasteiger partial charge on any atom is -0.394 e. The number of rotatable bonds is 4. The van der Waals surface area contributed by atoms with Crippen molar-refractivity contribution in [1.29, 1.82) is 0 Å². The van der Waals surface area contributed by atoms with E-state index in [1.165, 1.54) is 0 Å². The second-order valence-electron chi connectivity index (χ2n) is 2.06. The Balaban J connectivity index is 3.88. The van der Waals surface area contributed by atoms with Crippen molar-refractivity contribution in [3.63, 3.8) is 0 Å². The first-order chi connectivity index (χ1) is 5.11. The standard InChI is InChI=1S/C6H12N2O3/c1-2-5(10)8-4(3-9)6(7)11/h4,9H,2-3H2,1H3,(H2,7,11)(H,8,10). The number of aliphatic hydroxyl groups is 1. The number of aliphatic hydroxyl groups excluding tert-OH is 1. The first-order valence-electron chi connectivity index (χ1n) is 3.31. The fraction of sp³-hybridized carbons (Fsp3) is 0.667. The summed E-state index contributed by atoms with van der Waals surface area (Å²) in [5, 5.41) is 10.8. The van der Waals surface area contributed by atoms with Gasteiger partial charge in [-0.15, -0.1) is 0 Å². The van der Waals surface area contributed by atoms with Gasteiger partial charge in [-0.2, -0.15) is 0 Å². The molecule has 5 heteroatoms. The highest BCUT2D eigenvalue weighted by molar-refractivity contribution is 5.86. The Labute approximate surface area is 64.6 Å². The lowest BCUT2D eigenvalue weighted by atomic mass is 10.3. The number of carbonyl (C=O) groups excluding carboxylic acids is 2. The Morgan fingerprint density at radius 1 is 1.64 bits per heavy atom. The van der Waals surface area contributed by atoms with Gasteiger partial charge in [0.2, 0.25) is 11.8 Å². The van der Waals surface area contributed by atoms with Crippen LogP contribution >= 0.6 is 0 Å². The predicted octanol–water partition coefficient (Wildman–Crippen LogP) is -1.64. The van der Waals surface area contributed by atoms with Crippen LogP contribution in [-0.2, 0) is 9.59 Å². The van der Waals surface area contributed by atoms with Crippen LogP contribution in [0.15, 0.2) is 0 Å². The normalized spacial score (nSPS) is 12.2. The fourth-order valence-corrected chi connectivity index (χ4v) is 0.503. The first kappa shape index (κ1) is 9.90. The number of amides is 2. The Morgan fingerprint density at radius 3 is 2.45 bits per heavy atom. The van der Waals surface area contributed by atoms with E-state index in [-0.39, 0.29) is 12.3 Å². The van der Waals surface area contributed by atoms with E-state index in [9.17, 15) is 9.59 Å². The van der Waals surface area contributed by atoms with E-state index in [0.29, 0.717) is 0 Å². The molecule has 0 saturated carbocycles. The number of nitrogens with two attached hydrogens (primary N) is 1. The van der Waals surface area contributed by atoms with E-state index in [0.717, 1.165) is 0 Å². The highest BCUT2D eigenvalue weighted by Crippen LogP contribution is 1.82. The van der Waals surface area contributed by atoms with Crippen molar-refractivity contribution >= 4 is 11.8 Å². The van der Waals surface area contributed by atoms with Crippen LogP contribution in [0.25, 0.3) is 0 Å². The summed E-state index contributed by atoms with van der Waals surface area (Å²) in [5.74, 6) is -1.03. The third-order valence-electron chi connectivity index (χ3n) is 1.18. The molecule has 0 aliphatic carbocycles. The van der Waals surface area contributed by atoms with Gasteiger partial charge < -0.3 is 16.2 Å². The lowest BCUT2D eigenvalue weighted by Gasteiger charge is -2.10. The van der Waals surface area contributed by atoms with Crippen molar-refractivity contribution in [2.45, 2.75) is 19.4 Å². The molecule has 0 radical (unpaired) electrons. The molecule has 11 heavy (non-hydrogen) atoms. The number of carbonyl (C=O) groups is 2. The second-order valence-corrected chi connectivity index (χ2v) is 2.06. The molecule has 5 nitrogen and oxygen atoms in total. The fourth-order valence-electron chi connectivity index (χ4n) is 0.503. The van der Waals surface area contributed by atoms with Crippen molar-refractivity contribution in [2.24, 2.45) is 5.73 Å². The molecule has 0 aliphatic rings. The summed E-state index contributed by atoms with van der Waals surface area (Å²) < 4.78 is 0. The highest BCUT2D eigenvalue weighted by Gasteiger charge is 2.14. The monoisotopic (exact) mass is 160 g/mol. The average Bonchev–Trinajstić information content (AvgIpc) is 1.99. The van der Waals surface area contributed by atoms with E-state index < -0.39 is 18.6 Å². The molecule has 0 aromatic heterocycles. The molecule has 0 heterocycles. The van der Waals surface area contributed by atoms with Gasteiger partial charge in [-0.25, -0.2) is 0 Å². The van der Waals surface area contributed by atoms with Gasteiger partial charge in [-0.1, -0.05) is 6.92 Å². The lowest BCUT2D eigenvalue weighted by Crippen LogP contribution is -2.46. The highest BCUT2D eigenvalue weighted by atomic mass is 16.3. The number of primary amides is 1. The van der Waals surface area contributed by atoms with E-state index in [2.05, 4.69) is 5.32 Å². The van der Waals surface area contributed by atoms with Gasteiger partial charge in [0.1, 0.15) is 6.04 Å². The van der Waals surface area contributed by atoms with Crippen LogP contribution < -0.4 is 11.1 Å². The summed E-state index contributed by atoms with van der Waals surface area (Å²) in [6.07, 6.45) is 0.268.